The lowest BCUT2D eigenvalue weighted by molar-refractivity contribution is 0.358. The van der Waals surface area contributed by atoms with Gasteiger partial charge in [-0.3, -0.25) is 5.41 Å². The lowest BCUT2D eigenvalue weighted by Crippen LogP contribution is -2.21. The third-order valence-corrected chi connectivity index (χ3v) is 4.53. The van der Waals surface area contributed by atoms with Gasteiger partial charge in [0.15, 0.2) is 5.84 Å². The van der Waals surface area contributed by atoms with Gasteiger partial charge in [-0.15, -0.1) is 0 Å². The number of amidine groups is 1. The van der Waals surface area contributed by atoms with Crippen LogP contribution in [0.5, 0.6) is 5.75 Å². The summed E-state index contributed by atoms with van der Waals surface area (Å²) in [6.45, 7) is 0.0659. The molecule has 4 N–H and O–H groups in total. The molecule has 0 bridgehead atoms. The van der Waals surface area contributed by atoms with Crippen LogP contribution in [0.1, 0.15) is 11.4 Å². The van der Waals surface area contributed by atoms with Gasteiger partial charge in [0, 0.05) is 10.0 Å². The fourth-order valence-electron chi connectivity index (χ4n) is 2.74. The summed E-state index contributed by atoms with van der Waals surface area (Å²) < 4.78 is 0.803. The molecule has 2 aromatic carbocycles. The second-order valence-electron chi connectivity index (χ2n) is 5.78. The maximum Gasteiger partial charge on any atom is 0.156 e. The molecule has 130 valence electrons. The van der Waals surface area contributed by atoms with Crippen molar-refractivity contribution in [2.75, 3.05) is 6.54 Å². The highest BCUT2D eigenvalue weighted by atomic mass is 79.9. The topological polar surface area (TPSA) is 109 Å². The molecule has 0 fully saturated rings. The minimum Gasteiger partial charge on any atom is -0.509 e. The van der Waals surface area contributed by atoms with Crippen LogP contribution >= 0.6 is 15.9 Å². The van der Waals surface area contributed by atoms with Gasteiger partial charge in [0.1, 0.15) is 29.5 Å². The summed E-state index contributed by atoms with van der Waals surface area (Å²) >= 11 is 3.34. The van der Waals surface area contributed by atoms with Gasteiger partial charge >= 0.3 is 0 Å². The number of phenols is 1. The zero-order valence-electron chi connectivity index (χ0n) is 13.4. The minimum absolute atomic E-state index is 0.0182. The number of aliphatic hydroxyl groups is 1. The lowest BCUT2D eigenvalue weighted by Gasteiger charge is -2.11. The lowest BCUT2D eigenvalue weighted by atomic mass is 10.2. The van der Waals surface area contributed by atoms with Crippen molar-refractivity contribution < 1.29 is 10.2 Å². The van der Waals surface area contributed by atoms with Crippen molar-refractivity contribution in [1.29, 1.82) is 5.41 Å². The summed E-state index contributed by atoms with van der Waals surface area (Å²) in [5.41, 5.74) is 2.41. The molecule has 0 atom stereocenters. The van der Waals surface area contributed by atoms with E-state index in [2.05, 4.69) is 31.0 Å². The molecule has 7 nitrogen and oxygen atoms in total. The Morgan fingerprint density at radius 2 is 2.04 bits per heavy atom. The highest BCUT2D eigenvalue weighted by molar-refractivity contribution is 9.10. The number of hydrogen-bond acceptors (Lipinski definition) is 5. The molecule has 0 saturated heterocycles. The third kappa shape index (κ3) is 2.84. The first kappa shape index (κ1) is 16.3. The van der Waals surface area contributed by atoms with Gasteiger partial charge in [0.2, 0.25) is 0 Å². The van der Waals surface area contributed by atoms with Crippen LogP contribution in [0.3, 0.4) is 0 Å². The van der Waals surface area contributed by atoms with Crippen LogP contribution in [0, 0.1) is 5.41 Å². The second kappa shape index (κ2) is 6.30. The normalized spacial score (nSPS) is 15.0. The van der Waals surface area contributed by atoms with Crippen LogP contribution in [0.2, 0.25) is 0 Å². The highest BCUT2D eigenvalue weighted by Gasteiger charge is 2.30. The average Bonchev–Trinajstić information content (AvgIpc) is 3.16. The van der Waals surface area contributed by atoms with Crippen LogP contribution in [0.4, 0.5) is 0 Å². The van der Waals surface area contributed by atoms with E-state index in [-0.39, 0.29) is 23.9 Å². The molecule has 8 heteroatoms. The molecule has 0 unspecified atom stereocenters. The molecule has 4 rings (SSSR count). The summed E-state index contributed by atoms with van der Waals surface area (Å²) in [6.07, 6.45) is 1.45. The molecular formula is C18H14BrN5O2. The number of nitrogens with zero attached hydrogens (tertiary/aromatic N) is 3. The Morgan fingerprint density at radius 1 is 1.23 bits per heavy atom. The van der Waals surface area contributed by atoms with E-state index in [1.165, 1.54) is 11.2 Å². The van der Waals surface area contributed by atoms with E-state index in [0.717, 1.165) is 15.5 Å². The van der Waals surface area contributed by atoms with Crippen LogP contribution in [0.25, 0.3) is 16.6 Å². The minimum atomic E-state index is 0.0182. The smallest absolute Gasteiger partial charge is 0.156 e. The third-order valence-electron chi connectivity index (χ3n) is 4.03. The number of aromatic hydroxyl groups is 1. The van der Waals surface area contributed by atoms with Crippen LogP contribution < -0.4 is 0 Å². The number of benzene rings is 2. The Bertz CT molecular complexity index is 1050. The summed E-state index contributed by atoms with van der Waals surface area (Å²) in [5.74, 6) is 0.561. The van der Waals surface area contributed by atoms with Crippen LogP contribution in [-0.4, -0.2) is 43.8 Å². The molecule has 0 saturated carbocycles. The number of hydrazone groups is 1. The van der Waals surface area contributed by atoms with Crippen LogP contribution in [-0.2, 0) is 0 Å². The van der Waals surface area contributed by atoms with Gasteiger partial charge in [-0.2, -0.15) is 5.10 Å². The number of imidazole rings is 1. The zero-order valence-corrected chi connectivity index (χ0v) is 15.0. The molecule has 26 heavy (non-hydrogen) atoms. The van der Waals surface area contributed by atoms with E-state index in [1.807, 2.05) is 24.3 Å². The predicted octanol–water partition coefficient (Wildman–Crippen LogP) is 3.63. The van der Waals surface area contributed by atoms with E-state index in [9.17, 15) is 10.2 Å². The summed E-state index contributed by atoms with van der Waals surface area (Å²) in [5, 5.41) is 34.1. The van der Waals surface area contributed by atoms with Gasteiger partial charge < -0.3 is 15.2 Å². The van der Waals surface area contributed by atoms with Gasteiger partial charge in [-0.25, -0.2) is 9.99 Å². The molecule has 0 aliphatic carbocycles. The number of aromatic nitrogens is 2. The largest absolute Gasteiger partial charge is 0.509 e. The molecular weight excluding hydrogens is 398 g/mol. The van der Waals surface area contributed by atoms with Crippen LogP contribution in [0.15, 0.2) is 57.8 Å². The van der Waals surface area contributed by atoms with Crippen molar-refractivity contribution in [3.05, 3.63) is 64.1 Å². The van der Waals surface area contributed by atoms with Crippen molar-refractivity contribution in [3.8, 4) is 5.75 Å². The second-order valence-corrected chi connectivity index (χ2v) is 6.69. The average molecular weight is 412 g/mol. The van der Waals surface area contributed by atoms with E-state index < -0.39 is 0 Å². The molecule has 1 aliphatic heterocycles. The number of fused-ring (bicyclic) bond motifs is 1. The van der Waals surface area contributed by atoms with Gasteiger partial charge in [0.05, 0.1) is 17.2 Å². The molecule has 0 spiro atoms. The SMILES string of the molecule is N=C1C(c2nc3ccccc3[nH]2)=C(O)CN1/N=C\c1cc(Br)ccc1O. The first-order valence-electron chi connectivity index (χ1n) is 7.79. The molecule has 3 aromatic rings. The van der Waals surface area contributed by atoms with E-state index >= 15 is 0 Å². The quantitative estimate of drug-likeness (QED) is 0.493. The maximum absolute atomic E-state index is 10.3. The maximum atomic E-state index is 10.3. The molecule has 1 aliphatic rings. The van der Waals surface area contributed by atoms with Gasteiger partial charge in [-0.05, 0) is 30.3 Å². The fourth-order valence-corrected chi connectivity index (χ4v) is 3.12. The monoisotopic (exact) mass is 411 g/mol. The zero-order chi connectivity index (χ0) is 18.3. The van der Waals surface area contributed by atoms with Crippen molar-refractivity contribution in [1.82, 2.24) is 15.0 Å². The first-order chi connectivity index (χ1) is 12.5. The molecule has 1 aromatic heterocycles. The number of aromatic amines is 1. The Kier molecular flexibility index (Phi) is 3.96. The summed E-state index contributed by atoms with van der Waals surface area (Å²) in [4.78, 5) is 7.55. The van der Waals surface area contributed by atoms with Crippen molar-refractivity contribution in [3.63, 3.8) is 0 Å². The fraction of sp³-hybridized carbons (Fsp3) is 0.0556. The number of hydrogen-bond donors (Lipinski definition) is 4. The Labute approximate surface area is 156 Å². The number of rotatable bonds is 3. The van der Waals surface area contributed by atoms with E-state index in [4.69, 9.17) is 5.41 Å². The summed E-state index contributed by atoms with van der Waals surface area (Å²) in [7, 11) is 0. The number of aliphatic hydroxyl groups excluding tert-OH is 1. The van der Waals surface area contributed by atoms with Crippen molar-refractivity contribution in [2.45, 2.75) is 0 Å². The Hall–Kier alpha value is -3.13. The molecule has 2 heterocycles. The van der Waals surface area contributed by atoms with Gasteiger partial charge in [0.25, 0.3) is 0 Å². The number of nitrogens with one attached hydrogen (secondary N) is 2. The van der Waals surface area contributed by atoms with E-state index in [1.54, 1.807) is 18.2 Å². The highest BCUT2D eigenvalue weighted by Crippen LogP contribution is 2.27. The number of para-hydroxylation sites is 2. The molecule has 0 amide bonds. The van der Waals surface area contributed by atoms with Gasteiger partial charge in [-0.1, -0.05) is 28.1 Å². The first-order valence-corrected chi connectivity index (χ1v) is 8.58. The summed E-state index contributed by atoms with van der Waals surface area (Å²) in [6, 6.07) is 12.5. The number of H-pyrrole nitrogens is 1. The van der Waals surface area contributed by atoms with Crippen molar-refractivity contribution in [2.24, 2.45) is 5.10 Å². The standard InChI is InChI=1S/C18H14BrN5O2/c19-11-5-6-14(25)10(7-11)8-21-24-9-15(26)16(17(24)20)18-22-12-3-1-2-4-13(12)23-18/h1-8,20,25-26H,9H2,(H,22,23)/b20-17?,21-8-. The van der Waals surface area contributed by atoms with Crippen molar-refractivity contribution >= 4 is 44.6 Å². The number of phenolic OH excluding ortho intramolecular Hbond substituents is 1. The van der Waals surface area contributed by atoms with E-state index in [0.29, 0.717) is 17.0 Å². The Morgan fingerprint density at radius 3 is 2.85 bits per heavy atom. The number of halogens is 1. The predicted molar refractivity (Wildman–Crippen MR) is 103 cm³/mol. The molecule has 0 radical (unpaired) electrons. The Balaban J connectivity index is 1.62.